The lowest BCUT2D eigenvalue weighted by molar-refractivity contribution is 0.0153. The van der Waals surface area contributed by atoms with Gasteiger partial charge in [0.05, 0.1) is 11.7 Å². The van der Waals surface area contributed by atoms with Crippen LogP contribution in [0.15, 0.2) is 27.2 Å². The van der Waals surface area contributed by atoms with Gasteiger partial charge in [-0.25, -0.2) is 0 Å². The molecule has 2 heterocycles. The molecule has 1 unspecified atom stereocenters. The van der Waals surface area contributed by atoms with E-state index in [4.69, 9.17) is 15.0 Å². The molecule has 0 saturated carbocycles. The van der Waals surface area contributed by atoms with E-state index in [0.717, 1.165) is 29.5 Å². The van der Waals surface area contributed by atoms with E-state index >= 15 is 0 Å². The molecule has 1 atom stereocenters. The molecule has 0 aliphatic carbocycles. The Morgan fingerprint density at radius 2 is 2.25 bits per heavy atom. The Balaban J connectivity index is 1.75. The van der Waals surface area contributed by atoms with Gasteiger partial charge in [-0.05, 0) is 37.5 Å². The summed E-state index contributed by atoms with van der Waals surface area (Å²) in [5, 5.41) is 4.02. The molecule has 20 heavy (non-hydrogen) atoms. The van der Waals surface area contributed by atoms with E-state index in [0.29, 0.717) is 23.8 Å². The number of rotatable bonds is 3. The Kier molecular flexibility index (Phi) is 4.03. The normalized spacial score (nSPS) is 19.1. The molecule has 0 bridgehead atoms. The first-order valence-electron chi connectivity index (χ1n) is 6.72. The van der Waals surface area contributed by atoms with Crippen LogP contribution in [0.25, 0.3) is 11.5 Å². The van der Waals surface area contributed by atoms with Crippen molar-refractivity contribution in [1.82, 2.24) is 10.1 Å². The number of nitrogen functional groups attached to an aromatic ring is 1. The highest BCUT2D eigenvalue weighted by Gasteiger charge is 2.18. The van der Waals surface area contributed by atoms with Crippen LogP contribution >= 0.6 is 15.9 Å². The molecular formula is C14H16BrN3O2. The van der Waals surface area contributed by atoms with Crippen LogP contribution in [-0.4, -0.2) is 22.9 Å². The monoisotopic (exact) mass is 337 g/mol. The number of halogens is 1. The summed E-state index contributed by atoms with van der Waals surface area (Å²) in [6.07, 6.45) is 4.30. The lowest BCUT2D eigenvalue weighted by Gasteiger charge is -2.20. The molecule has 1 aromatic carbocycles. The maximum absolute atomic E-state index is 5.96. The molecule has 1 aliphatic rings. The predicted octanol–water partition coefficient (Wildman–Crippen LogP) is 3.19. The number of nitrogens with zero attached hydrogens (tertiary/aromatic N) is 2. The quantitative estimate of drug-likeness (QED) is 0.870. The van der Waals surface area contributed by atoms with Crippen molar-refractivity contribution < 1.29 is 9.26 Å². The Morgan fingerprint density at radius 3 is 3.00 bits per heavy atom. The lowest BCUT2D eigenvalue weighted by Crippen LogP contribution is -2.21. The summed E-state index contributed by atoms with van der Waals surface area (Å²) in [4.78, 5) is 4.41. The average Bonchev–Trinajstić information content (AvgIpc) is 2.88. The third-order valence-corrected chi connectivity index (χ3v) is 3.89. The highest BCUT2D eigenvalue weighted by atomic mass is 79.9. The van der Waals surface area contributed by atoms with Gasteiger partial charge in [-0.3, -0.25) is 0 Å². The Hall–Kier alpha value is -1.40. The van der Waals surface area contributed by atoms with Gasteiger partial charge in [-0.1, -0.05) is 21.1 Å². The van der Waals surface area contributed by atoms with Crippen molar-refractivity contribution in [2.75, 3.05) is 12.3 Å². The maximum atomic E-state index is 5.96. The molecule has 0 spiro atoms. The van der Waals surface area contributed by atoms with Gasteiger partial charge >= 0.3 is 0 Å². The van der Waals surface area contributed by atoms with Crippen LogP contribution in [0, 0.1) is 0 Å². The zero-order chi connectivity index (χ0) is 13.9. The standard InChI is InChI=1S/C14H16BrN3O2/c15-9-4-5-11(12(16)7-9)14-17-13(18-20-14)8-10-3-1-2-6-19-10/h4-5,7,10H,1-3,6,8,16H2. The van der Waals surface area contributed by atoms with Crippen molar-refractivity contribution in [3.63, 3.8) is 0 Å². The van der Waals surface area contributed by atoms with Gasteiger partial charge in [0.15, 0.2) is 5.82 Å². The molecular weight excluding hydrogens is 322 g/mol. The predicted molar refractivity (Wildman–Crippen MR) is 79.1 cm³/mol. The molecule has 1 fully saturated rings. The average molecular weight is 338 g/mol. The molecule has 2 aromatic rings. The first kappa shape index (κ1) is 13.6. The molecule has 3 rings (SSSR count). The molecule has 6 heteroatoms. The van der Waals surface area contributed by atoms with E-state index in [1.54, 1.807) is 0 Å². The van der Waals surface area contributed by atoms with Gasteiger partial charge in [0.2, 0.25) is 0 Å². The number of hydrogen-bond acceptors (Lipinski definition) is 5. The lowest BCUT2D eigenvalue weighted by atomic mass is 10.1. The van der Waals surface area contributed by atoms with Crippen LogP contribution in [0.4, 0.5) is 5.69 Å². The third-order valence-electron chi connectivity index (χ3n) is 3.40. The summed E-state index contributed by atoms with van der Waals surface area (Å²) in [7, 11) is 0. The summed E-state index contributed by atoms with van der Waals surface area (Å²) >= 11 is 3.38. The van der Waals surface area contributed by atoms with Crippen LogP contribution in [0.2, 0.25) is 0 Å². The Bertz CT molecular complexity index is 594. The van der Waals surface area contributed by atoms with E-state index in [1.165, 1.54) is 6.42 Å². The van der Waals surface area contributed by atoms with Gasteiger partial charge in [0.25, 0.3) is 5.89 Å². The fraction of sp³-hybridized carbons (Fsp3) is 0.429. The first-order chi connectivity index (χ1) is 9.72. The minimum Gasteiger partial charge on any atom is -0.398 e. The van der Waals surface area contributed by atoms with Crippen LogP contribution in [0.3, 0.4) is 0 Å². The largest absolute Gasteiger partial charge is 0.398 e. The molecule has 0 amide bonds. The van der Waals surface area contributed by atoms with E-state index in [9.17, 15) is 0 Å². The second-order valence-electron chi connectivity index (χ2n) is 4.94. The third kappa shape index (κ3) is 3.02. The second kappa shape index (κ2) is 5.93. The van der Waals surface area contributed by atoms with Gasteiger partial charge in [-0.2, -0.15) is 4.98 Å². The number of hydrogen-bond donors (Lipinski definition) is 1. The van der Waals surface area contributed by atoms with Crippen molar-refractivity contribution in [2.45, 2.75) is 31.8 Å². The number of nitrogens with two attached hydrogens (primary N) is 1. The molecule has 5 nitrogen and oxygen atoms in total. The summed E-state index contributed by atoms with van der Waals surface area (Å²) < 4.78 is 11.9. The molecule has 0 radical (unpaired) electrons. The molecule has 1 aromatic heterocycles. The van der Waals surface area contributed by atoms with Gasteiger partial charge in [-0.15, -0.1) is 0 Å². The Labute approximate surface area is 125 Å². The van der Waals surface area contributed by atoms with Gasteiger partial charge in [0.1, 0.15) is 0 Å². The van der Waals surface area contributed by atoms with Gasteiger partial charge < -0.3 is 15.0 Å². The van der Waals surface area contributed by atoms with Crippen LogP contribution in [-0.2, 0) is 11.2 Å². The topological polar surface area (TPSA) is 74.2 Å². The van der Waals surface area contributed by atoms with Crippen molar-refractivity contribution in [3.8, 4) is 11.5 Å². The van der Waals surface area contributed by atoms with Gasteiger partial charge in [0, 0.05) is 23.2 Å². The molecule has 1 saturated heterocycles. The van der Waals surface area contributed by atoms with Crippen LogP contribution < -0.4 is 5.73 Å². The summed E-state index contributed by atoms with van der Waals surface area (Å²) in [6.45, 7) is 0.828. The SMILES string of the molecule is Nc1cc(Br)ccc1-c1nc(CC2CCCCO2)no1. The summed E-state index contributed by atoms with van der Waals surface area (Å²) in [5.41, 5.74) is 7.34. The van der Waals surface area contributed by atoms with E-state index in [1.807, 2.05) is 18.2 Å². The Morgan fingerprint density at radius 1 is 1.35 bits per heavy atom. The number of aromatic nitrogens is 2. The minimum atomic E-state index is 0.205. The first-order valence-corrected chi connectivity index (χ1v) is 7.51. The number of benzene rings is 1. The molecule has 1 aliphatic heterocycles. The molecule has 106 valence electrons. The van der Waals surface area contributed by atoms with Crippen molar-refractivity contribution in [3.05, 3.63) is 28.5 Å². The fourth-order valence-corrected chi connectivity index (χ4v) is 2.73. The number of anilines is 1. The van der Waals surface area contributed by atoms with Crippen molar-refractivity contribution in [2.24, 2.45) is 0 Å². The van der Waals surface area contributed by atoms with Crippen LogP contribution in [0.1, 0.15) is 25.1 Å². The number of ether oxygens (including phenoxy) is 1. The van der Waals surface area contributed by atoms with E-state index < -0.39 is 0 Å². The fourth-order valence-electron chi connectivity index (χ4n) is 2.35. The van der Waals surface area contributed by atoms with Crippen molar-refractivity contribution in [1.29, 1.82) is 0 Å². The minimum absolute atomic E-state index is 0.205. The van der Waals surface area contributed by atoms with Crippen molar-refractivity contribution >= 4 is 21.6 Å². The summed E-state index contributed by atoms with van der Waals surface area (Å²) in [6, 6.07) is 5.59. The second-order valence-corrected chi connectivity index (χ2v) is 5.86. The zero-order valence-corrected chi connectivity index (χ0v) is 12.6. The van der Waals surface area contributed by atoms with E-state index in [2.05, 4.69) is 26.1 Å². The smallest absolute Gasteiger partial charge is 0.260 e. The highest BCUT2D eigenvalue weighted by molar-refractivity contribution is 9.10. The zero-order valence-electron chi connectivity index (χ0n) is 11.0. The summed E-state index contributed by atoms with van der Waals surface area (Å²) in [5.74, 6) is 1.13. The highest BCUT2D eigenvalue weighted by Crippen LogP contribution is 2.27. The van der Waals surface area contributed by atoms with Crippen LogP contribution in [0.5, 0.6) is 0 Å². The van der Waals surface area contributed by atoms with E-state index in [-0.39, 0.29) is 6.10 Å². The molecule has 2 N–H and O–H groups in total. The maximum Gasteiger partial charge on any atom is 0.260 e.